The van der Waals surface area contributed by atoms with Crippen molar-refractivity contribution in [1.29, 1.82) is 0 Å². The van der Waals surface area contributed by atoms with Gasteiger partial charge in [-0.05, 0) is 38.9 Å². The van der Waals surface area contributed by atoms with Gasteiger partial charge in [0.2, 0.25) is 10.0 Å². The summed E-state index contributed by atoms with van der Waals surface area (Å²) in [6.45, 7) is 6.32. The van der Waals surface area contributed by atoms with Crippen molar-refractivity contribution >= 4 is 21.8 Å². The normalized spacial score (nSPS) is 26.6. The molecule has 1 fully saturated rings. The van der Waals surface area contributed by atoms with Crippen LogP contribution in [0.5, 0.6) is 0 Å². The molecular weight excluding hydrogens is 280 g/mol. The van der Waals surface area contributed by atoms with E-state index in [2.05, 4.69) is 16.3 Å². The van der Waals surface area contributed by atoms with Crippen LogP contribution < -0.4 is 10.0 Å². The molecule has 114 valence electrons. The Morgan fingerprint density at radius 1 is 1.16 bits per heavy atom. The van der Waals surface area contributed by atoms with Gasteiger partial charge in [0.15, 0.2) is 0 Å². The quantitative estimate of drug-likeness (QED) is 0.755. The minimum Gasteiger partial charge on any atom is -0.313 e. The lowest BCUT2D eigenvalue weighted by molar-refractivity contribution is 0.417. The van der Waals surface area contributed by atoms with E-state index in [1.165, 1.54) is 0 Å². The fourth-order valence-electron chi connectivity index (χ4n) is 2.28. The smallest absolute Gasteiger partial charge is 0.215 e. The molecule has 1 saturated carbocycles. The molecule has 2 N–H and O–H groups in total. The molecule has 0 aromatic rings. The van der Waals surface area contributed by atoms with E-state index >= 15 is 0 Å². The van der Waals surface area contributed by atoms with Crippen LogP contribution >= 0.6 is 11.8 Å². The number of hydrogen-bond acceptors (Lipinski definition) is 4. The molecule has 0 radical (unpaired) electrons. The van der Waals surface area contributed by atoms with Gasteiger partial charge in [-0.2, -0.15) is 11.8 Å². The van der Waals surface area contributed by atoms with Gasteiger partial charge < -0.3 is 5.32 Å². The van der Waals surface area contributed by atoms with Gasteiger partial charge >= 0.3 is 0 Å². The van der Waals surface area contributed by atoms with E-state index in [4.69, 9.17) is 0 Å². The van der Waals surface area contributed by atoms with E-state index in [9.17, 15) is 8.42 Å². The fourth-order valence-corrected chi connectivity index (χ4v) is 4.27. The predicted octanol–water partition coefficient (Wildman–Crippen LogP) is 1.97. The highest BCUT2D eigenvalue weighted by atomic mass is 32.2. The van der Waals surface area contributed by atoms with Crippen LogP contribution in [0.25, 0.3) is 0 Å². The molecule has 0 bridgehead atoms. The van der Waals surface area contributed by atoms with E-state index in [0.717, 1.165) is 25.7 Å². The van der Waals surface area contributed by atoms with Gasteiger partial charge in [0.1, 0.15) is 0 Å². The summed E-state index contributed by atoms with van der Waals surface area (Å²) < 4.78 is 27.3. The molecule has 1 unspecified atom stereocenters. The van der Waals surface area contributed by atoms with E-state index in [1.807, 2.05) is 25.6 Å². The number of thioether (sulfide) groups is 1. The number of sulfonamides is 1. The van der Waals surface area contributed by atoms with Gasteiger partial charge in [-0.3, -0.25) is 0 Å². The van der Waals surface area contributed by atoms with Crippen LogP contribution in [-0.4, -0.2) is 43.8 Å². The minimum absolute atomic E-state index is 0.134. The second-order valence-electron chi connectivity index (χ2n) is 5.75. The lowest BCUT2D eigenvalue weighted by Gasteiger charge is -2.29. The lowest BCUT2D eigenvalue weighted by Crippen LogP contribution is -2.45. The third-order valence-electron chi connectivity index (χ3n) is 3.68. The fraction of sp³-hybridized carbons (Fsp3) is 1.00. The van der Waals surface area contributed by atoms with E-state index in [1.54, 1.807) is 6.92 Å². The van der Waals surface area contributed by atoms with Crippen molar-refractivity contribution in [2.45, 2.75) is 69.0 Å². The number of hydrogen-bond donors (Lipinski definition) is 2. The SMILES string of the molecule is CSC1CCC(NS(=O)(=O)C(C)CNC(C)C)CC1. The Hall–Kier alpha value is 0.220. The van der Waals surface area contributed by atoms with Crippen molar-refractivity contribution in [1.82, 2.24) is 10.0 Å². The van der Waals surface area contributed by atoms with Gasteiger partial charge in [-0.15, -0.1) is 0 Å². The average Bonchev–Trinajstić information content (AvgIpc) is 2.36. The summed E-state index contributed by atoms with van der Waals surface area (Å²) in [5, 5.41) is 3.51. The van der Waals surface area contributed by atoms with Crippen molar-refractivity contribution in [2.24, 2.45) is 0 Å². The third kappa shape index (κ3) is 6.02. The van der Waals surface area contributed by atoms with Crippen LogP contribution in [0.15, 0.2) is 0 Å². The zero-order valence-electron chi connectivity index (χ0n) is 12.5. The van der Waals surface area contributed by atoms with Gasteiger partial charge in [-0.25, -0.2) is 13.1 Å². The van der Waals surface area contributed by atoms with Crippen LogP contribution in [0.2, 0.25) is 0 Å². The van der Waals surface area contributed by atoms with Crippen LogP contribution in [0.1, 0.15) is 46.5 Å². The highest BCUT2D eigenvalue weighted by Gasteiger charge is 2.27. The van der Waals surface area contributed by atoms with Gasteiger partial charge in [0, 0.05) is 23.9 Å². The summed E-state index contributed by atoms with van der Waals surface area (Å²) in [5.74, 6) is 0. The summed E-state index contributed by atoms with van der Waals surface area (Å²) in [6.07, 6.45) is 6.30. The minimum atomic E-state index is -3.20. The molecule has 6 heteroatoms. The second kappa shape index (κ2) is 7.86. The molecule has 0 aliphatic heterocycles. The molecule has 1 aliphatic carbocycles. The molecule has 0 aromatic heterocycles. The summed E-state index contributed by atoms with van der Waals surface area (Å²) in [4.78, 5) is 0. The molecule has 0 amide bonds. The highest BCUT2D eigenvalue weighted by molar-refractivity contribution is 7.99. The molecule has 0 heterocycles. The molecule has 0 saturated heterocycles. The van der Waals surface area contributed by atoms with Gasteiger partial charge in [-0.1, -0.05) is 13.8 Å². The molecule has 1 rings (SSSR count). The first-order chi connectivity index (χ1) is 8.85. The Kier molecular flexibility index (Phi) is 7.14. The Bertz CT molecular complexity index is 350. The Morgan fingerprint density at radius 3 is 2.21 bits per heavy atom. The van der Waals surface area contributed by atoms with Crippen molar-refractivity contribution in [3.63, 3.8) is 0 Å². The molecule has 4 nitrogen and oxygen atoms in total. The summed E-state index contributed by atoms with van der Waals surface area (Å²) in [6, 6.07) is 0.449. The average molecular weight is 309 g/mol. The monoisotopic (exact) mass is 308 g/mol. The highest BCUT2D eigenvalue weighted by Crippen LogP contribution is 2.27. The lowest BCUT2D eigenvalue weighted by atomic mass is 9.96. The Balaban J connectivity index is 2.42. The zero-order valence-corrected chi connectivity index (χ0v) is 14.1. The maximum Gasteiger partial charge on any atom is 0.215 e. The van der Waals surface area contributed by atoms with Crippen LogP contribution in [0, 0.1) is 0 Å². The van der Waals surface area contributed by atoms with Crippen LogP contribution in [-0.2, 0) is 10.0 Å². The number of nitrogens with one attached hydrogen (secondary N) is 2. The second-order valence-corrected chi connectivity index (χ2v) is 9.01. The van der Waals surface area contributed by atoms with Crippen molar-refractivity contribution in [3.8, 4) is 0 Å². The largest absolute Gasteiger partial charge is 0.313 e. The first-order valence-corrected chi connectivity index (χ1v) is 9.96. The molecular formula is C13H28N2O2S2. The van der Waals surface area contributed by atoms with E-state index in [0.29, 0.717) is 17.8 Å². The molecule has 0 spiro atoms. The van der Waals surface area contributed by atoms with Crippen LogP contribution in [0.4, 0.5) is 0 Å². The summed E-state index contributed by atoms with van der Waals surface area (Å²) >= 11 is 1.90. The maximum absolute atomic E-state index is 12.2. The summed E-state index contributed by atoms with van der Waals surface area (Å²) in [5.41, 5.74) is 0. The van der Waals surface area contributed by atoms with Crippen molar-refractivity contribution < 1.29 is 8.42 Å². The molecule has 19 heavy (non-hydrogen) atoms. The summed E-state index contributed by atoms with van der Waals surface area (Å²) in [7, 11) is -3.20. The predicted molar refractivity (Wildman–Crippen MR) is 84.2 cm³/mol. The molecule has 1 atom stereocenters. The first kappa shape index (κ1) is 17.3. The standard InChI is InChI=1S/C13H28N2O2S2/c1-10(2)14-9-11(3)19(16,17)15-12-5-7-13(18-4)8-6-12/h10-15H,5-9H2,1-4H3. The van der Waals surface area contributed by atoms with Crippen molar-refractivity contribution in [3.05, 3.63) is 0 Å². The van der Waals surface area contributed by atoms with E-state index in [-0.39, 0.29) is 11.3 Å². The third-order valence-corrected chi connectivity index (χ3v) is 6.71. The number of rotatable bonds is 7. The maximum atomic E-state index is 12.2. The molecule has 1 aliphatic rings. The van der Waals surface area contributed by atoms with Gasteiger partial charge in [0.05, 0.1) is 5.25 Å². The topological polar surface area (TPSA) is 58.2 Å². The van der Waals surface area contributed by atoms with E-state index < -0.39 is 10.0 Å². The van der Waals surface area contributed by atoms with Crippen molar-refractivity contribution in [2.75, 3.05) is 12.8 Å². The van der Waals surface area contributed by atoms with Crippen LogP contribution in [0.3, 0.4) is 0 Å². The Morgan fingerprint density at radius 2 is 1.74 bits per heavy atom. The molecule has 0 aromatic carbocycles. The van der Waals surface area contributed by atoms with Gasteiger partial charge in [0.25, 0.3) is 0 Å². The first-order valence-electron chi connectivity index (χ1n) is 7.12. The Labute approximate surface area is 122 Å². The zero-order chi connectivity index (χ0) is 14.5.